The van der Waals surface area contributed by atoms with Crippen LogP contribution in [-0.2, 0) is 19.8 Å². The highest BCUT2D eigenvalue weighted by molar-refractivity contribution is 7.83. The normalized spacial score (nSPS) is 29.2. The second-order valence-electron chi connectivity index (χ2n) is 5.65. The summed E-state index contributed by atoms with van der Waals surface area (Å²) in [6, 6.07) is 4.38. The van der Waals surface area contributed by atoms with Gasteiger partial charge in [0.15, 0.2) is 0 Å². The third-order valence-corrected chi connectivity index (χ3v) is 4.16. The van der Waals surface area contributed by atoms with Crippen LogP contribution in [0, 0.1) is 0 Å². The second kappa shape index (κ2) is 8.26. The molecule has 1 aromatic rings. The minimum atomic E-state index is -4.74. The Labute approximate surface area is 149 Å². The Morgan fingerprint density at radius 2 is 1.85 bits per heavy atom. The SMILES string of the molecule is CC(=O)Nc1ccc(O[C@@H]2O[C@H](CO)[C@@H](O)[C@H](O)[C@H]2NS(=O)(=O)O)cc1. The number of amides is 1. The van der Waals surface area contributed by atoms with Gasteiger partial charge in [-0.1, -0.05) is 0 Å². The Morgan fingerprint density at radius 3 is 2.35 bits per heavy atom. The van der Waals surface area contributed by atoms with Gasteiger partial charge in [-0.3, -0.25) is 9.35 Å². The lowest BCUT2D eigenvalue weighted by atomic mass is 9.98. The van der Waals surface area contributed by atoms with Crippen LogP contribution in [0.5, 0.6) is 5.75 Å². The van der Waals surface area contributed by atoms with Crippen LogP contribution in [0.1, 0.15) is 6.92 Å². The van der Waals surface area contributed by atoms with E-state index in [0.717, 1.165) is 0 Å². The maximum atomic E-state index is 11.1. The molecule has 6 N–H and O–H groups in total. The summed E-state index contributed by atoms with van der Waals surface area (Å²) in [5, 5.41) is 31.7. The highest BCUT2D eigenvalue weighted by Crippen LogP contribution is 2.25. The zero-order chi connectivity index (χ0) is 19.5. The van der Waals surface area contributed by atoms with Gasteiger partial charge in [0.25, 0.3) is 0 Å². The van der Waals surface area contributed by atoms with Gasteiger partial charge in [-0.2, -0.15) is 13.1 Å². The van der Waals surface area contributed by atoms with E-state index < -0.39 is 47.6 Å². The molecule has 0 aliphatic carbocycles. The molecule has 1 heterocycles. The van der Waals surface area contributed by atoms with Gasteiger partial charge in [-0.25, -0.2) is 0 Å². The first-order chi connectivity index (χ1) is 12.1. The van der Waals surface area contributed by atoms with Crippen LogP contribution >= 0.6 is 0 Å². The van der Waals surface area contributed by atoms with Crippen molar-refractivity contribution in [2.45, 2.75) is 37.6 Å². The fourth-order valence-corrected chi connectivity index (χ4v) is 3.03. The molecule has 0 spiro atoms. The molecule has 146 valence electrons. The molecule has 1 saturated heterocycles. The summed E-state index contributed by atoms with van der Waals surface area (Å²) in [7, 11) is -4.74. The highest BCUT2D eigenvalue weighted by Gasteiger charge is 2.47. The number of ether oxygens (including phenoxy) is 2. The number of benzene rings is 1. The van der Waals surface area contributed by atoms with Crippen LogP contribution in [0.15, 0.2) is 24.3 Å². The molecule has 1 aromatic carbocycles. The van der Waals surface area contributed by atoms with Crippen LogP contribution in [0.2, 0.25) is 0 Å². The average Bonchev–Trinajstić information content (AvgIpc) is 2.54. The van der Waals surface area contributed by atoms with Gasteiger partial charge >= 0.3 is 10.3 Å². The Kier molecular flexibility index (Phi) is 6.52. The van der Waals surface area contributed by atoms with Crippen LogP contribution < -0.4 is 14.8 Å². The number of hydrogen-bond acceptors (Lipinski definition) is 8. The van der Waals surface area contributed by atoms with Crippen molar-refractivity contribution in [1.29, 1.82) is 0 Å². The molecular formula is C14H20N2O9S. The molecule has 0 saturated carbocycles. The van der Waals surface area contributed by atoms with E-state index in [9.17, 15) is 28.5 Å². The summed E-state index contributed by atoms with van der Waals surface area (Å²) < 4.78 is 43.6. The first-order valence-electron chi connectivity index (χ1n) is 7.52. The summed E-state index contributed by atoms with van der Waals surface area (Å²) in [5.41, 5.74) is 0.491. The molecule has 26 heavy (non-hydrogen) atoms. The zero-order valence-electron chi connectivity index (χ0n) is 13.6. The maximum Gasteiger partial charge on any atom is 0.333 e. The Hall–Kier alpha value is -1.80. The van der Waals surface area contributed by atoms with Gasteiger partial charge in [-0.05, 0) is 24.3 Å². The molecule has 1 amide bonds. The lowest BCUT2D eigenvalue weighted by Crippen LogP contribution is -2.65. The van der Waals surface area contributed by atoms with Crippen LogP contribution in [0.25, 0.3) is 0 Å². The predicted octanol–water partition coefficient (Wildman–Crippen LogP) is -1.78. The lowest BCUT2D eigenvalue weighted by molar-refractivity contribution is -0.242. The lowest BCUT2D eigenvalue weighted by Gasteiger charge is -2.41. The number of aliphatic hydroxyl groups excluding tert-OH is 3. The van der Waals surface area contributed by atoms with E-state index >= 15 is 0 Å². The van der Waals surface area contributed by atoms with E-state index in [0.29, 0.717) is 5.69 Å². The van der Waals surface area contributed by atoms with Crippen molar-refractivity contribution < 1.29 is 42.6 Å². The van der Waals surface area contributed by atoms with Crippen LogP contribution in [-0.4, -0.2) is 71.4 Å². The van der Waals surface area contributed by atoms with Crippen LogP contribution in [0.4, 0.5) is 5.69 Å². The molecule has 5 atom stereocenters. The summed E-state index contributed by atoms with van der Waals surface area (Å²) in [6.45, 7) is 0.686. The second-order valence-corrected chi connectivity index (χ2v) is 6.83. The van der Waals surface area contributed by atoms with Crippen molar-refractivity contribution >= 4 is 21.9 Å². The van der Waals surface area contributed by atoms with E-state index in [4.69, 9.17) is 14.0 Å². The number of hydrogen-bond donors (Lipinski definition) is 6. The minimum absolute atomic E-state index is 0.187. The van der Waals surface area contributed by atoms with E-state index in [1.165, 1.54) is 31.2 Å². The number of nitrogens with one attached hydrogen (secondary N) is 2. The molecule has 0 bridgehead atoms. The fourth-order valence-electron chi connectivity index (χ4n) is 2.43. The molecule has 0 aromatic heterocycles. The molecule has 2 rings (SSSR count). The van der Waals surface area contributed by atoms with Crippen LogP contribution in [0.3, 0.4) is 0 Å². The molecule has 1 fully saturated rings. The molecule has 1 aliphatic rings. The summed E-state index contributed by atoms with van der Waals surface area (Å²) in [4.78, 5) is 11.0. The summed E-state index contributed by atoms with van der Waals surface area (Å²) >= 11 is 0. The van der Waals surface area contributed by atoms with Crippen molar-refractivity contribution in [1.82, 2.24) is 4.72 Å². The Morgan fingerprint density at radius 1 is 1.23 bits per heavy atom. The Bertz CT molecular complexity index is 724. The molecule has 12 heteroatoms. The number of carbonyl (C=O) groups is 1. The standard InChI is InChI=1S/C14H20N2O9S/c1-7(18)15-8-2-4-9(5-3-8)24-14-11(16-26(21,22)23)13(20)12(19)10(6-17)25-14/h2-5,10-14,16-17,19-20H,6H2,1H3,(H,15,18)(H,21,22,23)/t10-,11-,12-,13-,14-/m1/s1. The van der Waals surface area contributed by atoms with E-state index in [2.05, 4.69) is 5.32 Å². The van der Waals surface area contributed by atoms with Gasteiger partial charge in [0.05, 0.1) is 6.61 Å². The van der Waals surface area contributed by atoms with Gasteiger partial charge in [-0.15, -0.1) is 0 Å². The first kappa shape index (κ1) is 20.5. The van der Waals surface area contributed by atoms with Crippen molar-refractivity contribution in [3.05, 3.63) is 24.3 Å². The predicted molar refractivity (Wildman–Crippen MR) is 87.6 cm³/mol. The molecule has 0 unspecified atom stereocenters. The van der Waals surface area contributed by atoms with E-state index in [-0.39, 0.29) is 11.7 Å². The molecular weight excluding hydrogens is 372 g/mol. The van der Waals surface area contributed by atoms with Gasteiger partial charge in [0.2, 0.25) is 12.2 Å². The van der Waals surface area contributed by atoms with E-state index in [1.807, 2.05) is 0 Å². The van der Waals surface area contributed by atoms with Crippen molar-refractivity contribution in [3.63, 3.8) is 0 Å². The highest BCUT2D eigenvalue weighted by atomic mass is 32.2. The van der Waals surface area contributed by atoms with Crippen molar-refractivity contribution in [2.75, 3.05) is 11.9 Å². The molecule has 0 radical (unpaired) electrons. The van der Waals surface area contributed by atoms with Gasteiger partial charge in [0.1, 0.15) is 30.1 Å². The smallest absolute Gasteiger partial charge is 0.333 e. The number of anilines is 1. The number of carbonyl (C=O) groups excluding carboxylic acids is 1. The topological polar surface area (TPSA) is 175 Å². The van der Waals surface area contributed by atoms with E-state index in [1.54, 1.807) is 4.72 Å². The Balaban J connectivity index is 2.20. The first-order valence-corrected chi connectivity index (χ1v) is 8.96. The minimum Gasteiger partial charge on any atom is -0.463 e. The van der Waals surface area contributed by atoms with Gasteiger partial charge in [0, 0.05) is 12.6 Å². The van der Waals surface area contributed by atoms with Gasteiger partial charge < -0.3 is 30.1 Å². The van der Waals surface area contributed by atoms with Crippen molar-refractivity contribution in [3.8, 4) is 5.75 Å². The van der Waals surface area contributed by atoms with Crippen molar-refractivity contribution in [2.24, 2.45) is 0 Å². The third kappa shape index (κ3) is 5.35. The monoisotopic (exact) mass is 392 g/mol. The molecule has 11 nitrogen and oxygen atoms in total. The number of rotatable bonds is 6. The maximum absolute atomic E-state index is 11.1. The zero-order valence-corrected chi connectivity index (χ0v) is 14.5. The largest absolute Gasteiger partial charge is 0.463 e. The number of aliphatic hydroxyl groups is 3. The quantitative estimate of drug-likeness (QED) is 0.306. The average molecular weight is 392 g/mol. The summed E-state index contributed by atoms with van der Waals surface area (Å²) in [5.74, 6) is -0.0823. The fraction of sp³-hybridized carbons (Fsp3) is 0.500. The molecule has 1 aliphatic heterocycles. The third-order valence-electron chi connectivity index (χ3n) is 3.59. The summed E-state index contributed by atoms with van der Waals surface area (Å²) in [6.07, 6.45) is -6.01.